The van der Waals surface area contributed by atoms with Crippen molar-refractivity contribution in [1.82, 2.24) is 15.5 Å². The predicted octanol–water partition coefficient (Wildman–Crippen LogP) is 1.94. The van der Waals surface area contributed by atoms with Crippen molar-refractivity contribution in [2.45, 2.75) is 38.8 Å². The minimum atomic E-state index is -2.90. The lowest BCUT2D eigenvalue weighted by molar-refractivity contribution is -0.123. The number of hydrogen-bond donors (Lipinski definition) is 3. The number of likely N-dealkylation sites (tertiary alicyclic amines) is 1. The van der Waals surface area contributed by atoms with Crippen LogP contribution in [0.5, 0.6) is 11.5 Å². The maximum absolute atomic E-state index is 12.6. The normalized spacial score (nSPS) is 15.7. The zero-order chi connectivity index (χ0) is 22.6. The highest BCUT2D eigenvalue weighted by Gasteiger charge is 2.22. The van der Waals surface area contributed by atoms with Crippen LogP contribution in [0.3, 0.4) is 0 Å². The Kier molecular flexibility index (Phi) is 10.3. The number of primary amides is 1. The van der Waals surface area contributed by atoms with Crippen LogP contribution in [-0.4, -0.2) is 63.7 Å². The van der Waals surface area contributed by atoms with Crippen LogP contribution in [-0.2, 0) is 11.3 Å². The fraction of sp³-hybridized carbons (Fsp3) is 0.619. The van der Waals surface area contributed by atoms with E-state index in [-0.39, 0.29) is 24.1 Å². The van der Waals surface area contributed by atoms with E-state index in [0.717, 1.165) is 51.9 Å². The van der Waals surface area contributed by atoms with Crippen LogP contribution in [0.2, 0.25) is 0 Å². The van der Waals surface area contributed by atoms with Crippen molar-refractivity contribution in [1.29, 1.82) is 0 Å². The number of hydrogen-bond acceptors (Lipinski definition) is 5. The van der Waals surface area contributed by atoms with Gasteiger partial charge in [-0.05, 0) is 63.5 Å². The number of piperidine rings is 1. The largest absolute Gasteiger partial charge is 0.497 e. The third-order valence-corrected chi connectivity index (χ3v) is 5.34. The van der Waals surface area contributed by atoms with E-state index in [0.29, 0.717) is 17.3 Å². The summed E-state index contributed by atoms with van der Waals surface area (Å²) in [4.78, 5) is 17.8. The van der Waals surface area contributed by atoms with Gasteiger partial charge in [-0.15, -0.1) is 0 Å². The molecule has 0 unspecified atom stereocenters. The fourth-order valence-corrected chi connectivity index (χ4v) is 3.54. The predicted molar refractivity (Wildman–Crippen MR) is 115 cm³/mol. The Morgan fingerprint density at radius 2 is 2.03 bits per heavy atom. The first-order valence-corrected chi connectivity index (χ1v) is 10.5. The SMILES string of the molecule is CN=C(NCCCCN1CCC(C(N)=O)CC1)NCc1cc(OC)ccc1OC(F)F. The van der Waals surface area contributed by atoms with Crippen molar-refractivity contribution in [2.24, 2.45) is 16.6 Å². The summed E-state index contributed by atoms with van der Waals surface area (Å²) in [6, 6.07) is 4.69. The van der Waals surface area contributed by atoms with E-state index in [2.05, 4.69) is 25.3 Å². The summed E-state index contributed by atoms with van der Waals surface area (Å²) in [6.07, 6.45) is 3.65. The maximum Gasteiger partial charge on any atom is 0.387 e. The molecule has 0 bridgehead atoms. The molecule has 2 rings (SSSR count). The quantitative estimate of drug-likeness (QED) is 0.276. The molecule has 1 aromatic carbocycles. The number of nitrogens with zero attached hydrogens (tertiary/aromatic N) is 2. The number of carbonyl (C=O) groups excluding carboxylic acids is 1. The first kappa shape index (κ1) is 24.6. The molecular weight excluding hydrogens is 408 g/mol. The number of halogens is 2. The van der Waals surface area contributed by atoms with E-state index in [9.17, 15) is 13.6 Å². The molecule has 31 heavy (non-hydrogen) atoms. The Morgan fingerprint density at radius 1 is 1.29 bits per heavy atom. The van der Waals surface area contributed by atoms with Crippen LogP contribution in [0, 0.1) is 5.92 Å². The van der Waals surface area contributed by atoms with Crippen molar-refractivity contribution >= 4 is 11.9 Å². The van der Waals surface area contributed by atoms with Crippen molar-refractivity contribution in [2.75, 3.05) is 40.3 Å². The third-order valence-electron chi connectivity index (χ3n) is 5.34. The van der Waals surface area contributed by atoms with Crippen LogP contribution in [0.4, 0.5) is 8.78 Å². The number of benzene rings is 1. The van der Waals surface area contributed by atoms with Gasteiger partial charge >= 0.3 is 6.61 Å². The van der Waals surface area contributed by atoms with Gasteiger partial charge in [0.25, 0.3) is 0 Å². The van der Waals surface area contributed by atoms with Crippen molar-refractivity contribution in [3.63, 3.8) is 0 Å². The van der Waals surface area contributed by atoms with Gasteiger partial charge < -0.3 is 30.7 Å². The summed E-state index contributed by atoms with van der Waals surface area (Å²) < 4.78 is 35.0. The van der Waals surface area contributed by atoms with Gasteiger partial charge in [0.2, 0.25) is 5.91 Å². The smallest absolute Gasteiger partial charge is 0.387 e. The summed E-state index contributed by atoms with van der Waals surface area (Å²) in [5, 5.41) is 6.34. The van der Waals surface area contributed by atoms with E-state index >= 15 is 0 Å². The van der Waals surface area contributed by atoms with E-state index in [1.54, 1.807) is 19.2 Å². The zero-order valence-corrected chi connectivity index (χ0v) is 18.2. The van der Waals surface area contributed by atoms with E-state index in [4.69, 9.17) is 10.5 Å². The van der Waals surface area contributed by atoms with Crippen molar-refractivity contribution < 1.29 is 23.0 Å². The summed E-state index contributed by atoms with van der Waals surface area (Å²) >= 11 is 0. The van der Waals surface area contributed by atoms with Gasteiger partial charge in [-0.1, -0.05) is 0 Å². The Hall–Kier alpha value is -2.62. The van der Waals surface area contributed by atoms with Gasteiger partial charge in [0.05, 0.1) is 7.11 Å². The molecule has 174 valence electrons. The number of nitrogens with two attached hydrogens (primary N) is 1. The van der Waals surface area contributed by atoms with Crippen molar-refractivity contribution in [3.8, 4) is 11.5 Å². The Bertz CT molecular complexity index is 725. The van der Waals surface area contributed by atoms with Crippen LogP contribution >= 0.6 is 0 Å². The molecule has 0 radical (unpaired) electrons. The van der Waals surface area contributed by atoms with E-state index < -0.39 is 6.61 Å². The summed E-state index contributed by atoms with van der Waals surface area (Å²) in [7, 11) is 3.17. The van der Waals surface area contributed by atoms with Gasteiger partial charge in [0, 0.05) is 31.6 Å². The molecule has 1 fully saturated rings. The second-order valence-corrected chi connectivity index (χ2v) is 7.43. The van der Waals surface area contributed by atoms with E-state index in [1.807, 2.05) is 0 Å². The molecule has 0 saturated carbocycles. The Morgan fingerprint density at radius 3 is 2.65 bits per heavy atom. The molecule has 8 nitrogen and oxygen atoms in total. The molecular formula is C21H33F2N5O3. The molecule has 0 aliphatic carbocycles. The van der Waals surface area contributed by atoms with Crippen LogP contribution < -0.4 is 25.8 Å². The topological polar surface area (TPSA) is 101 Å². The van der Waals surface area contributed by atoms with Gasteiger partial charge in [-0.25, -0.2) is 0 Å². The van der Waals surface area contributed by atoms with Gasteiger partial charge in [-0.2, -0.15) is 8.78 Å². The highest BCUT2D eigenvalue weighted by Crippen LogP contribution is 2.25. The number of nitrogens with one attached hydrogen (secondary N) is 2. The Labute approximate surface area is 182 Å². The molecule has 0 atom stereocenters. The fourth-order valence-electron chi connectivity index (χ4n) is 3.54. The number of aliphatic imine (C=N–C) groups is 1. The lowest BCUT2D eigenvalue weighted by atomic mass is 9.96. The maximum atomic E-state index is 12.6. The number of unbranched alkanes of at least 4 members (excludes halogenated alkanes) is 1. The second-order valence-electron chi connectivity index (χ2n) is 7.43. The molecule has 1 aliphatic heterocycles. The second kappa shape index (κ2) is 12.9. The number of rotatable bonds is 11. The Balaban J connectivity index is 1.70. The molecule has 1 amide bonds. The third kappa shape index (κ3) is 8.56. The molecule has 4 N–H and O–H groups in total. The molecule has 1 aromatic rings. The average Bonchev–Trinajstić information content (AvgIpc) is 2.76. The molecule has 1 heterocycles. The highest BCUT2D eigenvalue weighted by atomic mass is 19.3. The van der Waals surface area contributed by atoms with Crippen LogP contribution in [0.15, 0.2) is 23.2 Å². The molecule has 0 spiro atoms. The number of guanidine groups is 1. The van der Waals surface area contributed by atoms with Gasteiger partial charge in [-0.3, -0.25) is 9.79 Å². The minimum Gasteiger partial charge on any atom is -0.497 e. The first-order chi connectivity index (χ1) is 14.9. The molecule has 1 aliphatic rings. The lowest BCUT2D eigenvalue weighted by Crippen LogP contribution is -2.39. The molecule has 0 aromatic heterocycles. The lowest BCUT2D eigenvalue weighted by Gasteiger charge is -2.30. The highest BCUT2D eigenvalue weighted by molar-refractivity contribution is 5.79. The van der Waals surface area contributed by atoms with Gasteiger partial charge in [0.15, 0.2) is 5.96 Å². The number of carbonyl (C=O) groups is 1. The van der Waals surface area contributed by atoms with Gasteiger partial charge in [0.1, 0.15) is 11.5 Å². The monoisotopic (exact) mass is 441 g/mol. The summed E-state index contributed by atoms with van der Waals surface area (Å²) in [5.74, 6) is 1.06. The summed E-state index contributed by atoms with van der Waals surface area (Å²) in [6.45, 7) is 0.897. The van der Waals surface area contributed by atoms with Crippen molar-refractivity contribution in [3.05, 3.63) is 23.8 Å². The summed E-state index contributed by atoms with van der Waals surface area (Å²) in [5.41, 5.74) is 5.91. The number of methoxy groups -OCH3 is 1. The zero-order valence-electron chi connectivity index (χ0n) is 18.2. The average molecular weight is 442 g/mol. The molecule has 1 saturated heterocycles. The van der Waals surface area contributed by atoms with E-state index in [1.165, 1.54) is 13.2 Å². The minimum absolute atomic E-state index is 0.0171. The number of alkyl halides is 2. The first-order valence-electron chi connectivity index (χ1n) is 10.5. The van der Waals surface area contributed by atoms with Crippen LogP contribution in [0.1, 0.15) is 31.2 Å². The number of ether oxygens (including phenoxy) is 2. The number of amides is 1. The van der Waals surface area contributed by atoms with Crippen LogP contribution in [0.25, 0.3) is 0 Å². The molecule has 10 heteroatoms. The standard InChI is InChI=1S/C21H33F2N5O3/c1-25-21(26-9-3-4-10-28-11-7-15(8-12-28)19(24)29)27-14-16-13-17(30-2)5-6-18(16)31-20(22)23/h5-6,13,15,20H,3-4,7-12,14H2,1-2H3,(H2,24,29)(H2,25,26,27).